The van der Waals surface area contributed by atoms with Crippen molar-refractivity contribution in [1.29, 1.82) is 0 Å². The van der Waals surface area contributed by atoms with Gasteiger partial charge >= 0.3 is 0 Å². The zero-order valence-corrected chi connectivity index (χ0v) is 8.36. The smallest absolute Gasteiger partial charge is 0.0518 e. The van der Waals surface area contributed by atoms with Gasteiger partial charge in [0.05, 0.1) is 5.38 Å². The van der Waals surface area contributed by atoms with Gasteiger partial charge in [0, 0.05) is 0 Å². The molecule has 0 saturated heterocycles. The summed E-state index contributed by atoms with van der Waals surface area (Å²) in [5, 5.41) is 0.271. The van der Waals surface area contributed by atoms with Crippen molar-refractivity contribution in [2.24, 2.45) is 11.3 Å². The Bertz CT molecular complexity index is 153. The normalized spacial score (nSPS) is 32.4. The molecule has 1 rings (SSSR count). The second-order valence-electron chi connectivity index (χ2n) is 4.48. The average Bonchev–Trinajstić information content (AvgIpc) is 1.86. The highest BCUT2D eigenvalue weighted by Crippen LogP contribution is 2.36. The van der Waals surface area contributed by atoms with E-state index < -0.39 is 0 Å². The molecule has 0 nitrogen and oxygen atoms in total. The van der Waals surface area contributed by atoms with Gasteiger partial charge in [-0.05, 0) is 24.2 Å². The van der Waals surface area contributed by atoms with Crippen LogP contribution >= 0.6 is 11.6 Å². The lowest BCUT2D eigenvalue weighted by molar-refractivity contribution is 0.224. The summed E-state index contributed by atoms with van der Waals surface area (Å²) >= 11 is 6.03. The van der Waals surface area contributed by atoms with E-state index in [1.54, 1.807) is 0 Å². The summed E-state index contributed by atoms with van der Waals surface area (Å²) in [4.78, 5) is 0. The fourth-order valence-electron chi connectivity index (χ4n) is 1.54. The first-order chi connectivity index (χ1) is 5.00. The van der Waals surface area contributed by atoms with Crippen molar-refractivity contribution in [3.05, 3.63) is 12.2 Å². The van der Waals surface area contributed by atoms with E-state index in [4.69, 9.17) is 11.6 Å². The SMILES string of the molecule is CC(C)(C)[C@@H]1CC=C[C@@H](Cl)C1. The summed E-state index contributed by atoms with van der Waals surface area (Å²) in [6, 6.07) is 0. The van der Waals surface area contributed by atoms with Crippen molar-refractivity contribution in [2.75, 3.05) is 0 Å². The lowest BCUT2D eigenvalue weighted by Gasteiger charge is -2.33. The molecule has 0 N–H and O–H groups in total. The molecule has 1 heteroatoms. The van der Waals surface area contributed by atoms with Crippen LogP contribution in [0.1, 0.15) is 33.6 Å². The Hall–Kier alpha value is 0.0300. The molecule has 0 unspecified atom stereocenters. The highest BCUT2D eigenvalue weighted by Gasteiger charge is 2.27. The van der Waals surface area contributed by atoms with Crippen LogP contribution in [0.3, 0.4) is 0 Å². The third-order valence-electron chi connectivity index (χ3n) is 2.50. The van der Waals surface area contributed by atoms with Crippen LogP contribution in [0.4, 0.5) is 0 Å². The zero-order chi connectivity index (χ0) is 8.48. The summed E-state index contributed by atoms with van der Waals surface area (Å²) in [6.07, 6.45) is 6.68. The van der Waals surface area contributed by atoms with Crippen LogP contribution in [-0.2, 0) is 0 Å². The maximum Gasteiger partial charge on any atom is 0.0518 e. The Morgan fingerprint density at radius 2 is 2.00 bits per heavy atom. The fraction of sp³-hybridized carbons (Fsp3) is 0.800. The predicted octanol–water partition coefficient (Wildman–Crippen LogP) is 3.61. The van der Waals surface area contributed by atoms with E-state index in [1.807, 2.05) is 0 Å². The summed E-state index contributed by atoms with van der Waals surface area (Å²) in [5.41, 5.74) is 0.415. The Balaban J connectivity index is 2.57. The second-order valence-corrected chi connectivity index (χ2v) is 5.04. The Kier molecular flexibility index (Phi) is 2.64. The molecule has 1 aliphatic carbocycles. The molecule has 0 amide bonds. The van der Waals surface area contributed by atoms with Crippen molar-refractivity contribution < 1.29 is 0 Å². The molecule has 0 saturated carbocycles. The van der Waals surface area contributed by atoms with Crippen molar-refractivity contribution >= 4 is 11.6 Å². The van der Waals surface area contributed by atoms with Gasteiger partial charge in [-0.3, -0.25) is 0 Å². The Morgan fingerprint density at radius 3 is 2.36 bits per heavy atom. The number of alkyl halides is 1. The second kappa shape index (κ2) is 3.18. The van der Waals surface area contributed by atoms with Crippen molar-refractivity contribution in [1.82, 2.24) is 0 Å². The molecule has 0 aliphatic heterocycles. The van der Waals surface area contributed by atoms with Gasteiger partial charge in [0.2, 0.25) is 0 Å². The molecule has 0 aromatic rings. The first-order valence-corrected chi connectivity index (χ1v) is 4.74. The molecule has 0 heterocycles. The number of hydrogen-bond acceptors (Lipinski definition) is 0. The summed E-state index contributed by atoms with van der Waals surface area (Å²) in [7, 11) is 0. The van der Waals surface area contributed by atoms with Gasteiger partial charge in [0.15, 0.2) is 0 Å². The molecule has 0 aromatic heterocycles. The van der Waals surface area contributed by atoms with E-state index in [-0.39, 0.29) is 5.38 Å². The summed E-state index contributed by atoms with van der Waals surface area (Å²) < 4.78 is 0. The van der Waals surface area contributed by atoms with Crippen LogP contribution < -0.4 is 0 Å². The van der Waals surface area contributed by atoms with Gasteiger partial charge in [-0.1, -0.05) is 32.9 Å². The van der Waals surface area contributed by atoms with E-state index in [0.29, 0.717) is 5.41 Å². The number of allylic oxidation sites excluding steroid dienone is 2. The molecule has 0 radical (unpaired) electrons. The van der Waals surface area contributed by atoms with Gasteiger partial charge in [0.1, 0.15) is 0 Å². The molecular weight excluding hydrogens is 156 g/mol. The van der Waals surface area contributed by atoms with Crippen LogP contribution in [0.15, 0.2) is 12.2 Å². The topological polar surface area (TPSA) is 0 Å². The standard InChI is InChI=1S/C10H17Cl/c1-10(2,3)8-5-4-6-9(11)7-8/h4,6,8-9H,5,7H2,1-3H3/t8-,9-/m1/s1. The number of hydrogen-bond donors (Lipinski definition) is 0. The molecule has 1 aliphatic rings. The van der Waals surface area contributed by atoms with E-state index in [2.05, 4.69) is 32.9 Å². The summed E-state index contributed by atoms with van der Waals surface area (Å²) in [6.45, 7) is 6.88. The van der Waals surface area contributed by atoms with Gasteiger partial charge in [-0.25, -0.2) is 0 Å². The Morgan fingerprint density at radius 1 is 1.36 bits per heavy atom. The molecule has 0 aromatic carbocycles. The molecule has 64 valence electrons. The highest BCUT2D eigenvalue weighted by atomic mass is 35.5. The largest absolute Gasteiger partial charge is 0.118 e. The highest BCUT2D eigenvalue weighted by molar-refractivity contribution is 6.21. The average molecular weight is 173 g/mol. The molecule has 11 heavy (non-hydrogen) atoms. The minimum absolute atomic E-state index is 0.271. The molecule has 2 atom stereocenters. The van der Waals surface area contributed by atoms with E-state index in [0.717, 1.165) is 12.3 Å². The predicted molar refractivity (Wildman–Crippen MR) is 51.0 cm³/mol. The monoisotopic (exact) mass is 172 g/mol. The zero-order valence-electron chi connectivity index (χ0n) is 7.60. The number of halogens is 1. The third-order valence-corrected chi connectivity index (χ3v) is 2.82. The van der Waals surface area contributed by atoms with Crippen LogP contribution in [0.25, 0.3) is 0 Å². The van der Waals surface area contributed by atoms with Crippen LogP contribution in [0, 0.1) is 11.3 Å². The van der Waals surface area contributed by atoms with E-state index in [1.165, 1.54) is 6.42 Å². The Labute approximate surface area is 74.6 Å². The lowest BCUT2D eigenvalue weighted by atomic mass is 9.74. The lowest BCUT2D eigenvalue weighted by Crippen LogP contribution is -2.24. The van der Waals surface area contributed by atoms with Crippen molar-refractivity contribution in [3.63, 3.8) is 0 Å². The molecule has 0 bridgehead atoms. The van der Waals surface area contributed by atoms with Gasteiger partial charge in [-0.2, -0.15) is 0 Å². The van der Waals surface area contributed by atoms with Crippen LogP contribution in [0.5, 0.6) is 0 Å². The first kappa shape index (κ1) is 9.12. The van der Waals surface area contributed by atoms with Crippen LogP contribution in [-0.4, -0.2) is 5.38 Å². The minimum Gasteiger partial charge on any atom is -0.118 e. The fourth-order valence-corrected chi connectivity index (χ4v) is 1.86. The maximum atomic E-state index is 6.03. The van der Waals surface area contributed by atoms with Gasteiger partial charge in [-0.15, -0.1) is 11.6 Å². The van der Waals surface area contributed by atoms with E-state index >= 15 is 0 Å². The van der Waals surface area contributed by atoms with Crippen molar-refractivity contribution in [3.8, 4) is 0 Å². The van der Waals surface area contributed by atoms with E-state index in [9.17, 15) is 0 Å². The van der Waals surface area contributed by atoms with Crippen LogP contribution in [0.2, 0.25) is 0 Å². The van der Waals surface area contributed by atoms with Crippen molar-refractivity contribution in [2.45, 2.75) is 39.0 Å². The number of rotatable bonds is 0. The van der Waals surface area contributed by atoms with Gasteiger partial charge in [0.25, 0.3) is 0 Å². The molecular formula is C10H17Cl. The van der Waals surface area contributed by atoms with Gasteiger partial charge < -0.3 is 0 Å². The molecule has 0 fully saturated rings. The summed E-state index contributed by atoms with van der Waals surface area (Å²) in [5.74, 6) is 0.759. The third kappa shape index (κ3) is 2.52. The quantitative estimate of drug-likeness (QED) is 0.387. The minimum atomic E-state index is 0.271. The molecule has 0 spiro atoms. The maximum absolute atomic E-state index is 6.03. The first-order valence-electron chi connectivity index (χ1n) is 4.31.